The molecule has 2 saturated heterocycles. The van der Waals surface area contributed by atoms with Gasteiger partial charge in [0.1, 0.15) is 0 Å². The van der Waals surface area contributed by atoms with Crippen molar-refractivity contribution in [2.75, 3.05) is 39.9 Å². The van der Waals surface area contributed by atoms with Gasteiger partial charge in [-0.25, -0.2) is 0 Å². The maximum absolute atomic E-state index is 5.26. The van der Waals surface area contributed by atoms with Gasteiger partial charge in [0, 0.05) is 37.8 Å². The Labute approximate surface area is 112 Å². The van der Waals surface area contributed by atoms with Gasteiger partial charge in [-0.2, -0.15) is 0 Å². The van der Waals surface area contributed by atoms with Crippen molar-refractivity contribution in [2.24, 2.45) is 0 Å². The van der Waals surface area contributed by atoms with E-state index in [1.54, 1.807) is 0 Å². The molecule has 0 unspecified atom stereocenters. The van der Waals surface area contributed by atoms with Crippen LogP contribution in [0.1, 0.15) is 46.5 Å². The Kier molecular flexibility index (Phi) is 4.35. The Hall–Kier alpha value is -0.120. The first-order valence-electron chi connectivity index (χ1n) is 7.47. The molecule has 0 aromatic rings. The van der Waals surface area contributed by atoms with Gasteiger partial charge in [0.15, 0.2) is 0 Å². The third-order valence-corrected chi connectivity index (χ3v) is 4.95. The Morgan fingerprint density at radius 3 is 2.28 bits per heavy atom. The zero-order valence-electron chi connectivity index (χ0n) is 12.7. The molecule has 2 fully saturated rings. The molecule has 2 aliphatic rings. The number of hydrogen-bond acceptors (Lipinski definition) is 3. The highest BCUT2D eigenvalue weighted by atomic mass is 16.5. The zero-order chi connectivity index (χ0) is 13.2. The Morgan fingerprint density at radius 2 is 1.72 bits per heavy atom. The number of nitrogens with zero attached hydrogens (tertiary/aromatic N) is 2. The molecule has 0 bridgehead atoms. The van der Waals surface area contributed by atoms with Crippen LogP contribution in [0, 0.1) is 0 Å². The van der Waals surface area contributed by atoms with E-state index in [9.17, 15) is 0 Å². The van der Waals surface area contributed by atoms with Crippen molar-refractivity contribution in [2.45, 2.75) is 57.5 Å². The zero-order valence-corrected chi connectivity index (χ0v) is 12.7. The van der Waals surface area contributed by atoms with Gasteiger partial charge in [-0.3, -0.25) is 9.80 Å². The summed E-state index contributed by atoms with van der Waals surface area (Å²) < 4.78 is 5.26. The highest BCUT2D eigenvalue weighted by Gasteiger charge is 2.43. The second-order valence-electron chi connectivity index (χ2n) is 6.97. The topological polar surface area (TPSA) is 15.7 Å². The van der Waals surface area contributed by atoms with Crippen molar-refractivity contribution in [3.05, 3.63) is 0 Å². The molecule has 0 saturated carbocycles. The van der Waals surface area contributed by atoms with Crippen LogP contribution in [-0.4, -0.2) is 60.8 Å². The lowest BCUT2D eigenvalue weighted by Gasteiger charge is -2.48. The summed E-state index contributed by atoms with van der Waals surface area (Å²) in [6, 6.07) is 0. The van der Waals surface area contributed by atoms with Crippen LogP contribution in [0.25, 0.3) is 0 Å². The molecule has 0 aromatic heterocycles. The molecule has 18 heavy (non-hydrogen) atoms. The summed E-state index contributed by atoms with van der Waals surface area (Å²) in [6.45, 7) is 12.8. The molecule has 0 aliphatic carbocycles. The quantitative estimate of drug-likeness (QED) is 0.769. The normalized spacial score (nSPS) is 26.0. The average Bonchev–Trinajstić information content (AvgIpc) is 2.69. The summed E-state index contributed by atoms with van der Waals surface area (Å²) in [6.07, 6.45) is 5.45. The molecule has 2 aliphatic heterocycles. The van der Waals surface area contributed by atoms with E-state index in [-0.39, 0.29) is 0 Å². The van der Waals surface area contributed by atoms with Gasteiger partial charge < -0.3 is 4.74 Å². The lowest BCUT2D eigenvalue weighted by atomic mass is 9.83. The molecular formula is C15H30N2O. The van der Waals surface area contributed by atoms with Crippen molar-refractivity contribution in [1.29, 1.82) is 0 Å². The summed E-state index contributed by atoms with van der Waals surface area (Å²) >= 11 is 0. The van der Waals surface area contributed by atoms with Crippen LogP contribution in [0.4, 0.5) is 0 Å². The van der Waals surface area contributed by atoms with Gasteiger partial charge >= 0.3 is 0 Å². The molecule has 3 nitrogen and oxygen atoms in total. The highest BCUT2D eigenvalue weighted by molar-refractivity contribution is 5.00. The minimum atomic E-state index is 0.331. The van der Waals surface area contributed by atoms with E-state index >= 15 is 0 Å². The lowest BCUT2D eigenvalue weighted by Crippen LogP contribution is -2.56. The van der Waals surface area contributed by atoms with Crippen LogP contribution in [0.2, 0.25) is 0 Å². The monoisotopic (exact) mass is 254 g/mol. The minimum absolute atomic E-state index is 0.331. The van der Waals surface area contributed by atoms with Gasteiger partial charge in [0.2, 0.25) is 0 Å². The molecule has 0 amide bonds. The lowest BCUT2D eigenvalue weighted by molar-refractivity contribution is 0.00690. The largest absolute Gasteiger partial charge is 0.383 e. The number of methoxy groups -OCH3 is 1. The minimum Gasteiger partial charge on any atom is -0.383 e. The molecule has 1 spiro atoms. The van der Waals surface area contributed by atoms with Crippen molar-refractivity contribution in [3.8, 4) is 0 Å². The van der Waals surface area contributed by atoms with Gasteiger partial charge in [-0.1, -0.05) is 0 Å². The standard InChI is InChI=1S/C15H30N2O/c1-14(2,3)16-10-7-15(8-11-16)6-5-9-17(15)12-13-18-4/h5-13H2,1-4H3. The molecule has 3 heteroatoms. The van der Waals surface area contributed by atoms with Crippen molar-refractivity contribution < 1.29 is 4.74 Å². The predicted octanol–water partition coefficient (Wildman–Crippen LogP) is 2.36. The molecule has 2 rings (SSSR count). The second-order valence-corrected chi connectivity index (χ2v) is 6.97. The first-order chi connectivity index (χ1) is 8.48. The van der Waals surface area contributed by atoms with E-state index in [1.165, 1.54) is 45.3 Å². The van der Waals surface area contributed by atoms with Crippen molar-refractivity contribution >= 4 is 0 Å². The van der Waals surface area contributed by atoms with E-state index in [1.807, 2.05) is 7.11 Å². The number of likely N-dealkylation sites (tertiary alicyclic amines) is 2. The van der Waals surface area contributed by atoms with E-state index in [4.69, 9.17) is 4.74 Å². The molecule has 106 valence electrons. The maximum atomic E-state index is 5.26. The molecule has 0 radical (unpaired) electrons. The van der Waals surface area contributed by atoms with Crippen molar-refractivity contribution in [1.82, 2.24) is 9.80 Å². The Balaban J connectivity index is 1.93. The summed E-state index contributed by atoms with van der Waals surface area (Å²) in [5.74, 6) is 0. The first kappa shape index (κ1) is 14.3. The van der Waals surface area contributed by atoms with Crippen LogP contribution in [-0.2, 0) is 4.74 Å². The fourth-order valence-corrected chi connectivity index (χ4v) is 3.70. The van der Waals surface area contributed by atoms with Crippen LogP contribution in [0.5, 0.6) is 0 Å². The Morgan fingerprint density at radius 1 is 1.06 bits per heavy atom. The SMILES string of the molecule is COCCN1CCCC12CCN(C(C)(C)C)CC2. The molecule has 0 N–H and O–H groups in total. The number of hydrogen-bond donors (Lipinski definition) is 0. The van der Waals surface area contributed by atoms with Crippen LogP contribution < -0.4 is 0 Å². The van der Waals surface area contributed by atoms with Crippen LogP contribution in [0.15, 0.2) is 0 Å². The van der Waals surface area contributed by atoms with E-state index in [0.717, 1.165) is 13.2 Å². The van der Waals surface area contributed by atoms with E-state index < -0.39 is 0 Å². The maximum Gasteiger partial charge on any atom is 0.0589 e. The van der Waals surface area contributed by atoms with Crippen molar-refractivity contribution in [3.63, 3.8) is 0 Å². The molecule has 2 heterocycles. The fraction of sp³-hybridized carbons (Fsp3) is 1.00. The van der Waals surface area contributed by atoms with E-state index in [0.29, 0.717) is 11.1 Å². The second kappa shape index (κ2) is 5.48. The van der Waals surface area contributed by atoms with Gasteiger partial charge in [0.05, 0.1) is 6.61 Å². The molecule has 0 atom stereocenters. The Bertz CT molecular complexity index is 264. The number of piperidine rings is 1. The van der Waals surface area contributed by atoms with Gasteiger partial charge in [-0.15, -0.1) is 0 Å². The third kappa shape index (κ3) is 2.89. The summed E-state index contributed by atoms with van der Waals surface area (Å²) in [4.78, 5) is 5.35. The first-order valence-corrected chi connectivity index (χ1v) is 7.47. The number of rotatable bonds is 3. The predicted molar refractivity (Wildman–Crippen MR) is 76.0 cm³/mol. The fourth-order valence-electron chi connectivity index (χ4n) is 3.70. The van der Waals surface area contributed by atoms with Crippen LogP contribution in [0.3, 0.4) is 0 Å². The average molecular weight is 254 g/mol. The summed E-state index contributed by atoms with van der Waals surface area (Å²) in [7, 11) is 1.81. The van der Waals surface area contributed by atoms with Gasteiger partial charge in [-0.05, 0) is 53.0 Å². The molecule has 0 aromatic carbocycles. The smallest absolute Gasteiger partial charge is 0.0589 e. The number of ether oxygens (including phenoxy) is 1. The van der Waals surface area contributed by atoms with Crippen LogP contribution >= 0.6 is 0 Å². The molecular weight excluding hydrogens is 224 g/mol. The van der Waals surface area contributed by atoms with E-state index in [2.05, 4.69) is 30.6 Å². The summed E-state index contributed by atoms with van der Waals surface area (Å²) in [5.41, 5.74) is 0.831. The third-order valence-electron chi connectivity index (χ3n) is 4.95. The highest BCUT2D eigenvalue weighted by Crippen LogP contribution is 2.39. The summed E-state index contributed by atoms with van der Waals surface area (Å²) in [5, 5.41) is 0. The van der Waals surface area contributed by atoms with Gasteiger partial charge in [0.25, 0.3) is 0 Å².